The average Bonchev–Trinajstić information content (AvgIpc) is 2.15. The zero-order valence-electron chi connectivity index (χ0n) is 8.69. The van der Waals surface area contributed by atoms with Crippen molar-refractivity contribution in [2.24, 2.45) is 10.9 Å². The van der Waals surface area contributed by atoms with Crippen molar-refractivity contribution in [1.29, 1.82) is 0 Å². The lowest BCUT2D eigenvalue weighted by molar-refractivity contribution is -0.137. The maximum absolute atomic E-state index is 10.9. The third kappa shape index (κ3) is 3.33. The number of hydrogen-bond donors (Lipinski definition) is 1. The summed E-state index contributed by atoms with van der Waals surface area (Å²) in [6.45, 7) is 4.75. The van der Waals surface area contributed by atoms with Crippen LogP contribution in [0.2, 0.25) is 0 Å². The Morgan fingerprint density at radius 1 is 1.50 bits per heavy atom. The Balaban J connectivity index is 2.54. The minimum absolute atomic E-state index is 0.155. The largest absolute Gasteiger partial charge is 0.480 e. The van der Waals surface area contributed by atoms with Crippen LogP contribution in [0.5, 0.6) is 0 Å². The van der Waals surface area contributed by atoms with Gasteiger partial charge in [-0.2, -0.15) is 0 Å². The van der Waals surface area contributed by atoms with Crippen molar-refractivity contribution in [1.82, 2.24) is 0 Å². The summed E-state index contributed by atoms with van der Waals surface area (Å²) in [5.74, 6) is -0.569. The number of carboxylic acids is 1. The van der Waals surface area contributed by atoms with Gasteiger partial charge in [0.2, 0.25) is 0 Å². The fourth-order valence-electron chi connectivity index (χ4n) is 1.39. The average molecular weight is 215 g/mol. The molecule has 1 heterocycles. The minimum atomic E-state index is -0.724. The summed E-state index contributed by atoms with van der Waals surface area (Å²) in [6, 6.07) is 0. The van der Waals surface area contributed by atoms with Gasteiger partial charge in [-0.05, 0) is 25.2 Å². The molecule has 0 amide bonds. The van der Waals surface area contributed by atoms with Crippen LogP contribution < -0.4 is 0 Å². The monoisotopic (exact) mass is 215 g/mol. The topological polar surface area (TPSA) is 49.7 Å². The first-order valence-electron chi connectivity index (χ1n) is 5.04. The highest BCUT2D eigenvalue weighted by Crippen LogP contribution is 2.25. The normalized spacial score (nSPS) is 19.2. The summed E-state index contributed by atoms with van der Waals surface area (Å²) in [7, 11) is 0. The minimum Gasteiger partial charge on any atom is -0.480 e. The van der Waals surface area contributed by atoms with Crippen LogP contribution in [0.1, 0.15) is 33.1 Å². The Labute approximate surface area is 89.0 Å². The van der Waals surface area contributed by atoms with Crippen molar-refractivity contribution < 1.29 is 9.90 Å². The SMILES string of the molecule is CC(C)C(SC1=NCCCC1)C(=O)O. The molecule has 0 aliphatic carbocycles. The molecule has 0 saturated heterocycles. The molecular formula is C10H17NO2S. The van der Waals surface area contributed by atoms with E-state index in [1.54, 1.807) is 0 Å². The van der Waals surface area contributed by atoms with Crippen LogP contribution in [0.15, 0.2) is 4.99 Å². The molecule has 0 aromatic rings. The molecule has 1 rings (SSSR count). The van der Waals surface area contributed by atoms with Crippen LogP contribution in [0.4, 0.5) is 0 Å². The molecule has 0 aromatic carbocycles. The van der Waals surface area contributed by atoms with E-state index in [1.807, 2.05) is 13.8 Å². The Morgan fingerprint density at radius 2 is 2.21 bits per heavy atom. The lowest BCUT2D eigenvalue weighted by atomic mass is 10.1. The van der Waals surface area contributed by atoms with E-state index in [9.17, 15) is 4.79 Å². The Morgan fingerprint density at radius 3 is 2.64 bits per heavy atom. The van der Waals surface area contributed by atoms with Crippen molar-refractivity contribution >= 4 is 22.8 Å². The van der Waals surface area contributed by atoms with Gasteiger partial charge in [0.1, 0.15) is 5.25 Å². The number of thioether (sulfide) groups is 1. The molecule has 1 N–H and O–H groups in total. The highest BCUT2D eigenvalue weighted by molar-refractivity contribution is 8.15. The van der Waals surface area contributed by atoms with E-state index < -0.39 is 5.97 Å². The van der Waals surface area contributed by atoms with E-state index >= 15 is 0 Å². The van der Waals surface area contributed by atoms with Crippen molar-refractivity contribution in [3.63, 3.8) is 0 Å². The second-order valence-corrected chi connectivity index (χ2v) is 5.07. The van der Waals surface area contributed by atoms with E-state index in [1.165, 1.54) is 11.8 Å². The van der Waals surface area contributed by atoms with E-state index in [2.05, 4.69) is 4.99 Å². The fourth-order valence-corrected chi connectivity index (χ4v) is 2.48. The molecule has 1 atom stereocenters. The van der Waals surface area contributed by atoms with Gasteiger partial charge >= 0.3 is 5.97 Å². The molecule has 1 unspecified atom stereocenters. The molecule has 14 heavy (non-hydrogen) atoms. The summed E-state index contributed by atoms with van der Waals surface area (Å²) in [5, 5.41) is 9.68. The first-order valence-corrected chi connectivity index (χ1v) is 5.92. The predicted molar refractivity (Wildman–Crippen MR) is 60.0 cm³/mol. The Bertz CT molecular complexity index is 238. The van der Waals surface area contributed by atoms with E-state index in [0.29, 0.717) is 0 Å². The van der Waals surface area contributed by atoms with Gasteiger partial charge in [0, 0.05) is 6.54 Å². The molecular weight excluding hydrogens is 198 g/mol. The summed E-state index contributed by atoms with van der Waals surface area (Å²) < 4.78 is 0. The van der Waals surface area contributed by atoms with Crippen LogP contribution in [0.3, 0.4) is 0 Å². The fraction of sp³-hybridized carbons (Fsp3) is 0.800. The molecule has 0 aromatic heterocycles. The molecule has 0 radical (unpaired) electrons. The summed E-state index contributed by atoms with van der Waals surface area (Å²) in [4.78, 5) is 15.3. The van der Waals surface area contributed by atoms with Gasteiger partial charge in [0.25, 0.3) is 0 Å². The molecule has 0 saturated carbocycles. The van der Waals surface area contributed by atoms with Gasteiger partial charge in [0.15, 0.2) is 0 Å². The lowest BCUT2D eigenvalue weighted by Gasteiger charge is -2.18. The quantitative estimate of drug-likeness (QED) is 0.786. The van der Waals surface area contributed by atoms with Gasteiger partial charge in [0.05, 0.1) is 5.04 Å². The van der Waals surface area contributed by atoms with Crippen LogP contribution in [0.25, 0.3) is 0 Å². The first-order chi connectivity index (χ1) is 6.61. The zero-order chi connectivity index (χ0) is 10.6. The molecule has 3 nitrogen and oxygen atoms in total. The predicted octanol–water partition coefficient (Wildman–Crippen LogP) is 2.41. The molecule has 0 fully saturated rings. The van der Waals surface area contributed by atoms with E-state index in [-0.39, 0.29) is 11.2 Å². The molecule has 4 heteroatoms. The Kier molecular flexibility index (Phi) is 4.45. The van der Waals surface area contributed by atoms with Crippen LogP contribution in [-0.2, 0) is 4.79 Å². The van der Waals surface area contributed by atoms with Gasteiger partial charge in [-0.25, -0.2) is 0 Å². The lowest BCUT2D eigenvalue weighted by Crippen LogP contribution is -2.24. The number of carbonyl (C=O) groups is 1. The van der Waals surface area contributed by atoms with Gasteiger partial charge in [-0.1, -0.05) is 25.6 Å². The molecule has 0 bridgehead atoms. The Hall–Kier alpha value is -0.510. The van der Waals surface area contributed by atoms with Gasteiger partial charge < -0.3 is 5.11 Å². The van der Waals surface area contributed by atoms with Crippen LogP contribution in [-0.4, -0.2) is 27.9 Å². The van der Waals surface area contributed by atoms with Gasteiger partial charge in [-0.15, -0.1) is 0 Å². The standard InChI is InChI=1S/C10H17NO2S/c1-7(2)9(10(12)13)14-8-5-3-4-6-11-8/h7,9H,3-6H2,1-2H3,(H,12,13). The van der Waals surface area contributed by atoms with E-state index in [4.69, 9.17) is 5.11 Å². The summed E-state index contributed by atoms with van der Waals surface area (Å²) in [6.07, 6.45) is 3.25. The third-order valence-electron chi connectivity index (χ3n) is 2.20. The first kappa shape index (κ1) is 11.6. The molecule has 80 valence electrons. The van der Waals surface area contributed by atoms with Gasteiger partial charge in [-0.3, -0.25) is 9.79 Å². The number of hydrogen-bond acceptors (Lipinski definition) is 3. The maximum atomic E-state index is 10.9. The van der Waals surface area contributed by atoms with Crippen molar-refractivity contribution in [2.75, 3.05) is 6.54 Å². The second kappa shape index (κ2) is 5.39. The highest BCUT2D eigenvalue weighted by atomic mass is 32.2. The molecule has 0 spiro atoms. The third-order valence-corrected chi connectivity index (χ3v) is 3.80. The number of aliphatic carboxylic acids is 1. The van der Waals surface area contributed by atoms with Crippen molar-refractivity contribution in [3.8, 4) is 0 Å². The van der Waals surface area contributed by atoms with Crippen LogP contribution in [0, 0.1) is 5.92 Å². The number of aliphatic imine (C=N–C) groups is 1. The zero-order valence-corrected chi connectivity index (χ0v) is 9.51. The number of carboxylic acid groups (broad SMARTS) is 1. The highest BCUT2D eigenvalue weighted by Gasteiger charge is 2.24. The molecule has 1 aliphatic heterocycles. The second-order valence-electron chi connectivity index (χ2n) is 3.85. The molecule has 1 aliphatic rings. The van der Waals surface area contributed by atoms with E-state index in [0.717, 1.165) is 30.9 Å². The van der Waals surface area contributed by atoms with Crippen molar-refractivity contribution in [3.05, 3.63) is 0 Å². The smallest absolute Gasteiger partial charge is 0.317 e. The summed E-state index contributed by atoms with van der Waals surface area (Å²) in [5.41, 5.74) is 0. The maximum Gasteiger partial charge on any atom is 0.317 e. The summed E-state index contributed by atoms with van der Waals surface area (Å²) >= 11 is 1.43. The number of rotatable bonds is 3. The number of nitrogens with zero attached hydrogens (tertiary/aromatic N) is 1. The van der Waals surface area contributed by atoms with Crippen LogP contribution >= 0.6 is 11.8 Å². The van der Waals surface area contributed by atoms with Crippen molar-refractivity contribution in [2.45, 2.75) is 38.4 Å².